The molecule has 0 bridgehead atoms. The molecule has 0 aliphatic carbocycles. The van der Waals surface area contributed by atoms with E-state index in [2.05, 4.69) is 19.6 Å². The van der Waals surface area contributed by atoms with Crippen molar-refractivity contribution in [1.29, 1.82) is 0 Å². The molecule has 0 aromatic heterocycles. The van der Waals surface area contributed by atoms with Gasteiger partial charge in [-0.2, -0.15) is 0 Å². The quantitative estimate of drug-likeness (QED) is 0.247. The molecule has 1 aromatic rings. The summed E-state index contributed by atoms with van der Waals surface area (Å²) in [7, 11) is 3.71. The van der Waals surface area contributed by atoms with E-state index in [1.165, 1.54) is 48.3 Å². The molecule has 0 amide bonds. The molecule has 0 spiro atoms. The van der Waals surface area contributed by atoms with E-state index < -0.39 is 0 Å². The Hall–Kier alpha value is 0.160. The fourth-order valence-corrected chi connectivity index (χ4v) is 7.06. The van der Waals surface area contributed by atoms with Crippen LogP contribution in [0, 0.1) is 6.92 Å². The molecule has 1 N–H and O–H groups in total. The molecule has 2 rings (SSSR count). The van der Waals surface area contributed by atoms with Crippen molar-refractivity contribution in [1.82, 2.24) is 0 Å². The lowest BCUT2D eigenvalue weighted by molar-refractivity contribution is 0.469. The fourth-order valence-electron chi connectivity index (χ4n) is 2.70. The fraction of sp³-hybridized carbons (Fsp3) is 0.556. The average molecular weight is 387 g/mol. The van der Waals surface area contributed by atoms with Crippen LogP contribution >= 0.6 is 46.8 Å². The van der Waals surface area contributed by atoms with Gasteiger partial charge in [0.05, 0.1) is 5.25 Å². The van der Waals surface area contributed by atoms with Gasteiger partial charge < -0.3 is 5.11 Å². The first kappa shape index (κ1) is 19.5. The summed E-state index contributed by atoms with van der Waals surface area (Å²) in [5.41, 5.74) is 2.01. The van der Waals surface area contributed by atoms with Crippen molar-refractivity contribution < 1.29 is 5.11 Å². The number of phenolic OH excluding ortho intramolecular Hbond substituents is 1. The Balaban J connectivity index is 1.96. The van der Waals surface area contributed by atoms with Gasteiger partial charge >= 0.3 is 0 Å². The molecule has 0 saturated heterocycles. The van der Waals surface area contributed by atoms with E-state index in [0.717, 1.165) is 22.4 Å². The van der Waals surface area contributed by atoms with Gasteiger partial charge in [-0.25, -0.2) is 0 Å². The third-order valence-corrected chi connectivity index (χ3v) is 8.57. The van der Waals surface area contributed by atoms with E-state index >= 15 is 0 Å². The van der Waals surface area contributed by atoms with Gasteiger partial charge in [0.1, 0.15) is 5.75 Å². The molecule has 1 heterocycles. The lowest BCUT2D eigenvalue weighted by Gasteiger charge is -2.15. The Morgan fingerprint density at radius 1 is 1.09 bits per heavy atom. The molecule has 1 aliphatic heterocycles. The lowest BCUT2D eigenvalue weighted by Crippen LogP contribution is -1.95. The first-order chi connectivity index (χ1) is 11.1. The molecule has 23 heavy (non-hydrogen) atoms. The zero-order chi connectivity index (χ0) is 16.8. The minimum Gasteiger partial charge on any atom is -0.508 e. The predicted molar refractivity (Wildman–Crippen MR) is 112 cm³/mol. The Morgan fingerprint density at radius 2 is 1.78 bits per heavy atom. The molecule has 5 heteroatoms. The van der Waals surface area contributed by atoms with Gasteiger partial charge in [0.15, 0.2) is 0 Å². The van der Waals surface area contributed by atoms with E-state index in [1.807, 2.05) is 34.6 Å². The lowest BCUT2D eigenvalue weighted by atomic mass is 10.1. The van der Waals surface area contributed by atoms with Crippen LogP contribution in [0.15, 0.2) is 26.8 Å². The molecule has 1 aromatic carbocycles. The summed E-state index contributed by atoms with van der Waals surface area (Å²) in [6.45, 7) is 4.16. The van der Waals surface area contributed by atoms with Crippen LogP contribution in [0.4, 0.5) is 0 Å². The SMILES string of the molecule is CCCCCCCCC1=C(S)C(c2ccc(O)c(C)c2S)SS1. The molecule has 0 radical (unpaired) electrons. The minimum atomic E-state index is 0.241. The number of aromatic hydroxyl groups is 1. The van der Waals surface area contributed by atoms with E-state index in [0.29, 0.717) is 5.75 Å². The zero-order valence-corrected chi connectivity index (χ0v) is 17.3. The maximum Gasteiger partial charge on any atom is 0.119 e. The standard InChI is InChI=1S/C18H26OS4/c1-3-4-5-6-7-8-9-15-17(21)18(23-22-15)13-10-11-14(19)12(2)16(13)20/h10-11,18-21H,3-9H2,1-2H3. The third kappa shape index (κ3) is 5.07. The second-order valence-corrected chi connectivity index (χ2v) is 9.36. The highest BCUT2D eigenvalue weighted by atomic mass is 33.1. The number of allylic oxidation sites excluding steroid dienone is 1. The van der Waals surface area contributed by atoms with E-state index in [9.17, 15) is 5.11 Å². The van der Waals surface area contributed by atoms with Crippen LogP contribution in [0.3, 0.4) is 0 Å². The highest BCUT2D eigenvalue weighted by molar-refractivity contribution is 8.78. The Morgan fingerprint density at radius 3 is 2.52 bits per heavy atom. The van der Waals surface area contributed by atoms with Crippen LogP contribution in [-0.2, 0) is 0 Å². The van der Waals surface area contributed by atoms with Crippen LogP contribution in [0.2, 0.25) is 0 Å². The average Bonchev–Trinajstić information content (AvgIpc) is 2.90. The number of hydrogen-bond acceptors (Lipinski definition) is 5. The molecular weight excluding hydrogens is 360 g/mol. The number of phenols is 1. The summed E-state index contributed by atoms with van der Waals surface area (Å²) >= 11 is 9.41. The highest BCUT2D eigenvalue weighted by Gasteiger charge is 2.28. The summed E-state index contributed by atoms with van der Waals surface area (Å²) in [4.78, 5) is 3.47. The number of unbranched alkanes of at least 4 members (excludes halogenated alkanes) is 5. The second kappa shape index (κ2) is 9.59. The van der Waals surface area contributed by atoms with Gasteiger partial charge in [-0.3, -0.25) is 0 Å². The van der Waals surface area contributed by atoms with Crippen molar-refractivity contribution in [3.8, 4) is 5.75 Å². The molecule has 1 atom stereocenters. The van der Waals surface area contributed by atoms with E-state index in [4.69, 9.17) is 12.6 Å². The number of hydrogen-bond donors (Lipinski definition) is 3. The van der Waals surface area contributed by atoms with Crippen LogP contribution in [0.25, 0.3) is 0 Å². The molecule has 1 aliphatic rings. The van der Waals surface area contributed by atoms with Crippen LogP contribution in [0.1, 0.15) is 68.2 Å². The third-order valence-electron chi connectivity index (χ3n) is 4.25. The Bertz CT molecular complexity index is 568. The number of thiol groups is 2. The second-order valence-electron chi connectivity index (χ2n) is 6.03. The molecule has 1 unspecified atom stereocenters. The van der Waals surface area contributed by atoms with Crippen molar-refractivity contribution >= 4 is 46.8 Å². The zero-order valence-electron chi connectivity index (χ0n) is 13.8. The van der Waals surface area contributed by atoms with E-state index in [1.54, 1.807) is 6.07 Å². The maximum atomic E-state index is 9.80. The van der Waals surface area contributed by atoms with Crippen molar-refractivity contribution in [3.63, 3.8) is 0 Å². The summed E-state index contributed by atoms with van der Waals surface area (Å²) in [6.07, 6.45) is 9.09. The van der Waals surface area contributed by atoms with Crippen LogP contribution in [0.5, 0.6) is 5.75 Å². The monoisotopic (exact) mass is 386 g/mol. The predicted octanol–water partition coefficient (Wildman–Crippen LogP) is 7.32. The van der Waals surface area contributed by atoms with Crippen molar-refractivity contribution in [2.75, 3.05) is 0 Å². The minimum absolute atomic E-state index is 0.241. The summed E-state index contributed by atoms with van der Waals surface area (Å²) in [6, 6.07) is 3.75. The van der Waals surface area contributed by atoms with Crippen molar-refractivity contribution in [3.05, 3.63) is 33.1 Å². The molecular formula is C18H26OS4. The molecule has 0 saturated carbocycles. The van der Waals surface area contributed by atoms with Gasteiger partial charge in [0, 0.05) is 20.3 Å². The van der Waals surface area contributed by atoms with Crippen LogP contribution in [-0.4, -0.2) is 5.11 Å². The normalized spacial score (nSPS) is 18.0. The van der Waals surface area contributed by atoms with Gasteiger partial charge in [-0.1, -0.05) is 66.7 Å². The Kier molecular flexibility index (Phi) is 8.13. The van der Waals surface area contributed by atoms with Crippen molar-refractivity contribution in [2.45, 2.75) is 68.9 Å². The molecule has 0 fully saturated rings. The summed E-state index contributed by atoms with van der Waals surface area (Å²) < 4.78 is 0. The van der Waals surface area contributed by atoms with Crippen LogP contribution < -0.4 is 0 Å². The van der Waals surface area contributed by atoms with Gasteiger partial charge in [0.25, 0.3) is 0 Å². The number of benzene rings is 1. The van der Waals surface area contributed by atoms with Gasteiger partial charge in [-0.15, -0.1) is 25.3 Å². The summed E-state index contributed by atoms with van der Waals surface area (Å²) in [5, 5.41) is 10.0. The number of rotatable bonds is 8. The van der Waals surface area contributed by atoms with Gasteiger partial charge in [0.2, 0.25) is 0 Å². The highest BCUT2D eigenvalue weighted by Crippen LogP contribution is 2.58. The Labute approximate surface area is 159 Å². The first-order valence-electron chi connectivity index (χ1n) is 8.33. The maximum absolute atomic E-state index is 9.80. The topological polar surface area (TPSA) is 20.2 Å². The van der Waals surface area contributed by atoms with Crippen molar-refractivity contribution in [2.24, 2.45) is 0 Å². The molecule has 128 valence electrons. The smallest absolute Gasteiger partial charge is 0.119 e. The largest absolute Gasteiger partial charge is 0.508 e. The summed E-state index contributed by atoms with van der Waals surface area (Å²) in [5.74, 6) is 0.311. The van der Waals surface area contributed by atoms with E-state index in [-0.39, 0.29) is 5.25 Å². The molecule has 1 nitrogen and oxygen atoms in total. The van der Waals surface area contributed by atoms with Gasteiger partial charge in [-0.05, 0) is 31.4 Å². The first-order valence-corrected chi connectivity index (χ1v) is 11.4.